The number of benzene rings is 2. The highest BCUT2D eigenvalue weighted by Gasteiger charge is 2.16. The molecule has 0 atom stereocenters. The van der Waals surface area contributed by atoms with Crippen LogP contribution < -0.4 is 14.2 Å². The van der Waals surface area contributed by atoms with Gasteiger partial charge in [-0.3, -0.25) is 0 Å². The van der Waals surface area contributed by atoms with E-state index in [1.54, 1.807) is 16.8 Å². The number of nitriles is 1. The highest BCUT2D eigenvalue weighted by Crippen LogP contribution is 2.35. The predicted molar refractivity (Wildman–Crippen MR) is 99.7 cm³/mol. The second kappa shape index (κ2) is 6.86. The zero-order chi connectivity index (χ0) is 19.0. The molecule has 0 bridgehead atoms. The van der Waals surface area contributed by atoms with Crippen molar-refractivity contribution in [3.8, 4) is 29.0 Å². The van der Waals surface area contributed by atoms with Gasteiger partial charge in [-0.2, -0.15) is 10.4 Å². The molecular weight excluding hydrogens is 366 g/mol. The van der Waals surface area contributed by atoms with E-state index in [1.807, 2.05) is 38.1 Å². The van der Waals surface area contributed by atoms with Gasteiger partial charge in [0.25, 0.3) is 0 Å². The number of rotatable bonds is 4. The lowest BCUT2D eigenvalue weighted by Crippen LogP contribution is -2.01. The molecule has 2 aromatic carbocycles. The van der Waals surface area contributed by atoms with Crippen molar-refractivity contribution in [3.63, 3.8) is 0 Å². The van der Waals surface area contributed by atoms with E-state index in [0.717, 1.165) is 28.4 Å². The molecule has 0 aliphatic carbocycles. The maximum absolute atomic E-state index is 9.03. The maximum Gasteiger partial charge on any atom is 0.231 e. The zero-order valence-corrected chi connectivity index (χ0v) is 15.6. The molecule has 27 heavy (non-hydrogen) atoms. The Morgan fingerprint density at radius 2 is 2.00 bits per heavy atom. The fourth-order valence-corrected chi connectivity index (χ4v) is 3.20. The molecule has 0 amide bonds. The smallest absolute Gasteiger partial charge is 0.231 e. The summed E-state index contributed by atoms with van der Waals surface area (Å²) in [5, 5.41) is 14.0. The molecule has 0 spiro atoms. The number of aromatic nitrogens is 2. The van der Waals surface area contributed by atoms with Gasteiger partial charge in [-0.05, 0) is 44.2 Å². The molecule has 1 aromatic heterocycles. The van der Waals surface area contributed by atoms with Crippen LogP contribution in [0.5, 0.6) is 17.2 Å². The topological polar surface area (TPSA) is 69.3 Å². The molecule has 4 rings (SSSR count). The number of fused-ring (bicyclic) bond motifs is 1. The molecule has 0 unspecified atom stereocenters. The third-order valence-corrected chi connectivity index (χ3v) is 4.80. The van der Waals surface area contributed by atoms with Gasteiger partial charge in [-0.15, -0.1) is 0 Å². The van der Waals surface area contributed by atoms with Crippen LogP contribution in [0, 0.1) is 25.2 Å². The Bertz CT molecular complexity index is 1070. The van der Waals surface area contributed by atoms with Crippen LogP contribution in [-0.4, -0.2) is 16.6 Å². The molecule has 0 fully saturated rings. The molecule has 1 aliphatic heterocycles. The Kier molecular flexibility index (Phi) is 4.38. The first-order valence-electron chi connectivity index (χ1n) is 8.34. The highest BCUT2D eigenvalue weighted by atomic mass is 35.5. The largest absolute Gasteiger partial charge is 0.489 e. The van der Waals surface area contributed by atoms with E-state index in [1.165, 1.54) is 0 Å². The number of hydrogen-bond acceptors (Lipinski definition) is 5. The molecule has 136 valence electrons. The van der Waals surface area contributed by atoms with Gasteiger partial charge in [-0.1, -0.05) is 11.6 Å². The SMILES string of the molecule is Cc1nn(-c2ccc(C#N)c(Cl)c2)c(C)c1COc1ccc2c(c1)OCO2. The summed E-state index contributed by atoms with van der Waals surface area (Å²) in [5.74, 6) is 2.11. The number of aryl methyl sites for hydroxylation is 1. The van der Waals surface area contributed by atoms with Crippen LogP contribution in [0.3, 0.4) is 0 Å². The van der Waals surface area contributed by atoms with E-state index in [4.69, 9.17) is 31.1 Å². The molecule has 1 aliphatic rings. The lowest BCUT2D eigenvalue weighted by atomic mass is 10.2. The van der Waals surface area contributed by atoms with Crippen LogP contribution in [0.4, 0.5) is 0 Å². The van der Waals surface area contributed by atoms with Crippen molar-refractivity contribution in [1.29, 1.82) is 5.26 Å². The average molecular weight is 382 g/mol. The molecule has 2 heterocycles. The molecule has 3 aromatic rings. The monoisotopic (exact) mass is 381 g/mol. The molecular formula is C20H16ClN3O3. The Labute approximate surface area is 161 Å². The van der Waals surface area contributed by atoms with E-state index in [2.05, 4.69) is 11.2 Å². The van der Waals surface area contributed by atoms with E-state index in [0.29, 0.717) is 28.7 Å². The van der Waals surface area contributed by atoms with Crippen LogP contribution in [0.1, 0.15) is 22.5 Å². The van der Waals surface area contributed by atoms with Crippen LogP contribution in [0.2, 0.25) is 5.02 Å². The zero-order valence-electron chi connectivity index (χ0n) is 14.8. The summed E-state index contributed by atoms with van der Waals surface area (Å²) in [6, 6.07) is 12.8. The van der Waals surface area contributed by atoms with Gasteiger partial charge >= 0.3 is 0 Å². The third-order valence-electron chi connectivity index (χ3n) is 4.49. The third kappa shape index (κ3) is 3.18. The van der Waals surface area contributed by atoms with E-state index >= 15 is 0 Å². The molecule has 0 radical (unpaired) electrons. The summed E-state index contributed by atoms with van der Waals surface area (Å²) in [5.41, 5.74) is 4.05. The van der Waals surface area contributed by atoms with Crippen molar-refractivity contribution in [2.45, 2.75) is 20.5 Å². The van der Waals surface area contributed by atoms with Gasteiger partial charge < -0.3 is 14.2 Å². The highest BCUT2D eigenvalue weighted by molar-refractivity contribution is 6.31. The predicted octanol–water partition coefficient (Wildman–Crippen LogP) is 4.32. The molecule has 6 nitrogen and oxygen atoms in total. The normalized spacial score (nSPS) is 12.1. The molecule has 0 N–H and O–H groups in total. The van der Waals surface area contributed by atoms with E-state index in [9.17, 15) is 0 Å². The van der Waals surface area contributed by atoms with Crippen LogP contribution in [0.15, 0.2) is 36.4 Å². The maximum atomic E-state index is 9.03. The van der Waals surface area contributed by atoms with Crippen LogP contribution in [-0.2, 0) is 6.61 Å². The summed E-state index contributed by atoms with van der Waals surface area (Å²) in [6.45, 7) is 4.52. The first-order chi connectivity index (χ1) is 13.1. The molecule has 0 saturated heterocycles. The number of ether oxygens (including phenoxy) is 3. The average Bonchev–Trinajstić information content (AvgIpc) is 3.24. The fourth-order valence-electron chi connectivity index (χ4n) is 2.98. The fraction of sp³-hybridized carbons (Fsp3) is 0.200. The lowest BCUT2D eigenvalue weighted by molar-refractivity contribution is 0.173. The Balaban J connectivity index is 1.58. The van der Waals surface area contributed by atoms with Gasteiger partial charge in [0.2, 0.25) is 6.79 Å². The minimum absolute atomic E-state index is 0.233. The summed E-state index contributed by atoms with van der Waals surface area (Å²) in [4.78, 5) is 0. The van der Waals surface area contributed by atoms with Gasteiger partial charge in [0.1, 0.15) is 18.4 Å². The van der Waals surface area contributed by atoms with E-state index < -0.39 is 0 Å². The van der Waals surface area contributed by atoms with Crippen molar-refractivity contribution >= 4 is 11.6 Å². The Hall–Kier alpha value is -3.17. The van der Waals surface area contributed by atoms with Gasteiger partial charge in [0.05, 0.1) is 22.0 Å². The van der Waals surface area contributed by atoms with Crippen molar-refractivity contribution < 1.29 is 14.2 Å². The molecule has 0 saturated carbocycles. The van der Waals surface area contributed by atoms with E-state index in [-0.39, 0.29) is 6.79 Å². The van der Waals surface area contributed by atoms with Gasteiger partial charge in [-0.25, -0.2) is 4.68 Å². The van der Waals surface area contributed by atoms with Gasteiger partial charge in [0.15, 0.2) is 11.5 Å². The Morgan fingerprint density at radius 3 is 2.78 bits per heavy atom. The van der Waals surface area contributed by atoms with Crippen LogP contribution >= 0.6 is 11.6 Å². The number of nitrogens with zero attached hydrogens (tertiary/aromatic N) is 3. The first-order valence-corrected chi connectivity index (χ1v) is 8.72. The minimum atomic E-state index is 0.233. The quantitative estimate of drug-likeness (QED) is 0.673. The standard InChI is InChI=1S/C20H16ClN3O3/c1-12-17(10-25-16-5-6-19-20(8-16)27-11-26-19)13(2)24(23-12)15-4-3-14(9-22)18(21)7-15/h3-8H,10-11H2,1-2H3. The lowest BCUT2D eigenvalue weighted by Gasteiger charge is -2.09. The second-order valence-electron chi connectivity index (χ2n) is 6.14. The van der Waals surface area contributed by atoms with Crippen LogP contribution in [0.25, 0.3) is 5.69 Å². The van der Waals surface area contributed by atoms with Crippen molar-refractivity contribution in [1.82, 2.24) is 9.78 Å². The summed E-state index contributed by atoms with van der Waals surface area (Å²) in [7, 11) is 0. The van der Waals surface area contributed by atoms with Crippen molar-refractivity contribution in [2.75, 3.05) is 6.79 Å². The summed E-state index contributed by atoms with van der Waals surface area (Å²) >= 11 is 6.16. The minimum Gasteiger partial charge on any atom is -0.489 e. The summed E-state index contributed by atoms with van der Waals surface area (Å²) in [6.07, 6.45) is 0. The number of hydrogen-bond donors (Lipinski definition) is 0. The van der Waals surface area contributed by atoms with Gasteiger partial charge in [0, 0.05) is 17.3 Å². The first kappa shape index (κ1) is 17.3. The second-order valence-corrected chi connectivity index (χ2v) is 6.55. The van der Waals surface area contributed by atoms with Crippen molar-refractivity contribution in [3.05, 3.63) is 63.9 Å². The summed E-state index contributed by atoms with van der Waals surface area (Å²) < 4.78 is 18.4. The number of halogens is 1. The van der Waals surface area contributed by atoms with Crippen molar-refractivity contribution in [2.24, 2.45) is 0 Å². The Morgan fingerprint density at radius 1 is 1.19 bits per heavy atom. The molecule has 7 heteroatoms.